The van der Waals surface area contributed by atoms with E-state index in [1.54, 1.807) is 56.6 Å². The number of sulfone groups is 1. The van der Waals surface area contributed by atoms with Crippen molar-refractivity contribution in [3.05, 3.63) is 66.2 Å². The molecule has 2 aromatic carbocycles. The molecule has 0 bridgehead atoms. The summed E-state index contributed by atoms with van der Waals surface area (Å²) in [6.07, 6.45) is 3.56. The fourth-order valence-corrected chi connectivity index (χ4v) is 4.78. The zero-order valence-electron chi connectivity index (χ0n) is 19.0. The van der Waals surface area contributed by atoms with E-state index < -0.39 is 20.9 Å². The summed E-state index contributed by atoms with van der Waals surface area (Å²) in [4.78, 5) is 8.97. The van der Waals surface area contributed by atoms with Crippen molar-refractivity contribution in [2.45, 2.75) is 37.0 Å². The van der Waals surface area contributed by atoms with Crippen molar-refractivity contribution in [2.75, 3.05) is 7.05 Å². The number of aromatic nitrogens is 4. The lowest BCUT2D eigenvalue weighted by atomic mass is 10.1. The number of benzene rings is 2. The Balaban J connectivity index is 1.60. The summed E-state index contributed by atoms with van der Waals surface area (Å²) in [6.45, 7) is 4.08. The van der Waals surface area contributed by atoms with Gasteiger partial charge >= 0.3 is 0 Å². The van der Waals surface area contributed by atoms with Gasteiger partial charge in [-0.15, -0.1) is 10.2 Å². The van der Waals surface area contributed by atoms with E-state index >= 15 is 0 Å². The average molecular weight is 482 g/mol. The molecule has 0 aliphatic carbocycles. The molecule has 8 nitrogen and oxygen atoms in total. The molecule has 0 aliphatic rings. The minimum atomic E-state index is -3.38. The average Bonchev–Trinajstić information content (AvgIpc) is 3.34. The molecule has 0 saturated carbocycles. The zero-order valence-corrected chi connectivity index (χ0v) is 19.8. The van der Waals surface area contributed by atoms with Gasteiger partial charge in [0.15, 0.2) is 9.84 Å². The van der Waals surface area contributed by atoms with E-state index in [1.165, 1.54) is 12.3 Å². The Morgan fingerprint density at radius 2 is 1.74 bits per heavy atom. The van der Waals surface area contributed by atoms with Gasteiger partial charge in [-0.1, -0.05) is 25.1 Å². The molecule has 4 rings (SSSR count). The summed E-state index contributed by atoms with van der Waals surface area (Å²) in [7, 11) is -1.59. The van der Waals surface area contributed by atoms with Crippen LogP contribution in [0.3, 0.4) is 0 Å². The Morgan fingerprint density at radius 3 is 2.41 bits per heavy atom. The van der Waals surface area contributed by atoms with Crippen LogP contribution in [0.2, 0.25) is 0 Å². The van der Waals surface area contributed by atoms with E-state index in [-0.39, 0.29) is 22.2 Å². The molecular weight excluding hydrogens is 457 g/mol. The SMILES string of the molecule is CCC(C)S(=O)(=O)c1ccc(-c2cncc(-c3nnc(-c4ccc(CNC)cc4F)o3)n2)cc1. The standard InChI is InChI=1S/C24H24FN5O3S/c1-4-15(2)34(31,32)18-8-6-17(7-9-18)21-13-27-14-22(28-21)24-30-29-23(33-24)19-10-5-16(12-26-3)11-20(19)25/h5-11,13-15,26H,4,12H2,1-3H3. The summed E-state index contributed by atoms with van der Waals surface area (Å²) < 4.78 is 45.3. The van der Waals surface area contributed by atoms with E-state index in [4.69, 9.17) is 4.42 Å². The second-order valence-electron chi connectivity index (χ2n) is 7.83. The van der Waals surface area contributed by atoms with Crippen LogP contribution < -0.4 is 5.32 Å². The molecule has 10 heteroatoms. The van der Waals surface area contributed by atoms with Gasteiger partial charge in [-0.3, -0.25) is 4.98 Å². The van der Waals surface area contributed by atoms with Crippen molar-refractivity contribution >= 4 is 9.84 Å². The van der Waals surface area contributed by atoms with Gasteiger partial charge < -0.3 is 9.73 Å². The molecule has 1 atom stereocenters. The summed E-state index contributed by atoms with van der Waals surface area (Å²) in [5.41, 5.74) is 2.50. The maximum absolute atomic E-state index is 14.5. The van der Waals surface area contributed by atoms with Crippen LogP contribution in [0.5, 0.6) is 0 Å². The molecule has 176 valence electrons. The largest absolute Gasteiger partial charge is 0.414 e. The minimum Gasteiger partial charge on any atom is -0.414 e. The predicted octanol–water partition coefficient (Wildman–Crippen LogP) is 4.29. The van der Waals surface area contributed by atoms with Crippen LogP contribution in [-0.4, -0.2) is 40.9 Å². The van der Waals surface area contributed by atoms with Crippen molar-refractivity contribution in [3.63, 3.8) is 0 Å². The molecule has 0 amide bonds. The summed E-state index contributed by atoms with van der Waals surface area (Å²) in [5.74, 6) is -0.329. The lowest BCUT2D eigenvalue weighted by molar-refractivity contribution is 0.568. The molecule has 0 spiro atoms. The first-order chi connectivity index (χ1) is 16.3. The molecular formula is C24H24FN5O3S. The number of hydrogen-bond acceptors (Lipinski definition) is 8. The molecule has 0 radical (unpaired) electrons. The van der Waals surface area contributed by atoms with Crippen LogP contribution in [-0.2, 0) is 16.4 Å². The molecule has 1 N–H and O–H groups in total. The van der Waals surface area contributed by atoms with Gasteiger partial charge in [-0.25, -0.2) is 17.8 Å². The van der Waals surface area contributed by atoms with E-state index in [1.807, 2.05) is 6.92 Å². The van der Waals surface area contributed by atoms with Gasteiger partial charge in [0.1, 0.15) is 11.5 Å². The Labute approximate surface area is 197 Å². The van der Waals surface area contributed by atoms with E-state index in [0.29, 0.717) is 29.9 Å². The smallest absolute Gasteiger partial charge is 0.268 e. The van der Waals surface area contributed by atoms with Crippen LogP contribution in [0.1, 0.15) is 25.8 Å². The van der Waals surface area contributed by atoms with Crippen molar-refractivity contribution in [2.24, 2.45) is 0 Å². The number of hydrogen-bond donors (Lipinski definition) is 1. The van der Waals surface area contributed by atoms with Gasteiger partial charge in [0, 0.05) is 12.1 Å². The van der Waals surface area contributed by atoms with E-state index in [9.17, 15) is 12.8 Å². The van der Waals surface area contributed by atoms with Crippen molar-refractivity contribution in [1.82, 2.24) is 25.5 Å². The van der Waals surface area contributed by atoms with Crippen LogP contribution in [0.15, 0.2) is 64.2 Å². The highest BCUT2D eigenvalue weighted by Crippen LogP contribution is 2.27. The molecule has 0 aliphatic heterocycles. The Bertz CT molecular complexity index is 1400. The first-order valence-electron chi connectivity index (χ1n) is 10.8. The molecule has 34 heavy (non-hydrogen) atoms. The molecule has 4 aromatic rings. The maximum atomic E-state index is 14.5. The second kappa shape index (κ2) is 9.78. The van der Waals surface area contributed by atoms with Crippen molar-refractivity contribution in [1.29, 1.82) is 0 Å². The number of halogens is 1. The van der Waals surface area contributed by atoms with E-state index in [2.05, 4.69) is 25.5 Å². The Morgan fingerprint density at radius 1 is 1.03 bits per heavy atom. The zero-order chi connectivity index (χ0) is 24.3. The summed E-state index contributed by atoms with van der Waals surface area (Å²) in [6, 6.07) is 11.3. The summed E-state index contributed by atoms with van der Waals surface area (Å²) >= 11 is 0. The first kappa shape index (κ1) is 23.7. The molecule has 2 aromatic heterocycles. The van der Waals surface area contributed by atoms with Gasteiger partial charge in [0.25, 0.3) is 11.8 Å². The fourth-order valence-electron chi connectivity index (χ4n) is 3.36. The maximum Gasteiger partial charge on any atom is 0.268 e. The van der Waals surface area contributed by atoms with Crippen molar-refractivity contribution in [3.8, 4) is 34.3 Å². The quantitative estimate of drug-likeness (QED) is 0.397. The van der Waals surface area contributed by atoms with Gasteiger partial charge in [0.05, 0.1) is 33.8 Å². The highest BCUT2D eigenvalue weighted by Gasteiger charge is 2.22. The number of nitrogens with zero attached hydrogens (tertiary/aromatic N) is 4. The molecule has 0 saturated heterocycles. The van der Waals surface area contributed by atoms with Crippen LogP contribution in [0, 0.1) is 5.82 Å². The third kappa shape index (κ3) is 4.73. The lowest BCUT2D eigenvalue weighted by Crippen LogP contribution is -2.16. The van der Waals surface area contributed by atoms with Crippen LogP contribution >= 0.6 is 0 Å². The Kier molecular flexibility index (Phi) is 6.80. The van der Waals surface area contributed by atoms with Crippen molar-refractivity contribution < 1.29 is 17.2 Å². The molecule has 2 heterocycles. The normalized spacial score (nSPS) is 12.6. The second-order valence-corrected chi connectivity index (χ2v) is 10.2. The topological polar surface area (TPSA) is 111 Å². The van der Waals surface area contributed by atoms with Gasteiger partial charge in [0.2, 0.25) is 0 Å². The number of nitrogens with one attached hydrogen (secondary N) is 1. The third-order valence-electron chi connectivity index (χ3n) is 5.51. The fraction of sp³-hybridized carbons (Fsp3) is 0.250. The first-order valence-corrected chi connectivity index (χ1v) is 12.3. The highest BCUT2D eigenvalue weighted by atomic mass is 32.2. The molecule has 1 unspecified atom stereocenters. The molecule has 0 fully saturated rings. The van der Waals surface area contributed by atoms with E-state index in [0.717, 1.165) is 5.56 Å². The Hall–Kier alpha value is -3.50. The predicted molar refractivity (Wildman–Crippen MR) is 126 cm³/mol. The summed E-state index contributed by atoms with van der Waals surface area (Å²) in [5, 5.41) is 10.5. The lowest BCUT2D eigenvalue weighted by Gasteiger charge is -2.11. The van der Waals surface area contributed by atoms with Crippen LogP contribution in [0.25, 0.3) is 34.3 Å². The third-order valence-corrected chi connectivity index (χ3v) is 7.83. The number of rotatable bonds is 8. The van der Waals surface area contributed by atoms with Crippen LogP contribution in [0.4, 0.5) is 4.39 Å². The minimum absolute atomic E-state index is 0.0373. The van der Waals surface area contributed by atoms with Gasteiger partial charge in [-0.2, -0.15) is 0 Å². The monoisotopic (exact) mass is 481 g/mol. The highest BCUT2D eigenvalue weighted by molar-refractivity contribution is 7.92. The van der Waals surface area contributed by atoms with Gasteiger partial charge in [-0.05, 0) is 50.2 Å².